The average Bonchev–Trinajstić information content (AvgIpc) is 2.66. The van der Waals surface area contributed by atoms with E-state index in [1.165, 1.54) is 25.3 Å². The van der Waals surface area contributed by atoms with E-state index in [0.29, 0.717) is 18.7 Å². The fourth-order valence-corrected chi connectivity index (χ4v) is 3.44. The van der Waals surface area contributed by atoms with Gasteiger partial charge in [-0.05, 0) is 23.8 Å². The summed E-state index contributed by atoms with van der Waals surface area (Å²) >= 11 is 0. The Balaban J connectivity index is 1.56. The molecule has 142 valence electrons. The van der Waals surface area contributed by atoms with Crippen LogP contribution in [0.25, 0.3) is 11.0 Å². The monoisotopic (exact) mass is 379 g/mol. The Hall–Kier alpha value is -3.61. The van der Waals surface area contributed by atoms with Crippen molar-refractivity contribution in [1.82, 2.24) is 4.90 Å². The normalized spacial score (nSPS) is 14.0. The largest absolute Gasteiger partial charge is 0.507 e. The number of methoxy groups -OCH3 is 1. The SMILES string of the molecule is COC(=O)c1ccccc1C1CN(C(=O)c2cc(=O)c3c(O)cccc3o2)C1. The highest BCUT2D eigenvalue weighted by Gasteiger charge is 2.35. The molecule has 2 heterocycles. The van der Waals surface area contributed by atoms with E-state index < -0.39 is 17.3 Å². The summed E-state index contributed by atoms with van der Waals surface area (Å²) < 4.78 is 10.4. The first-order chi connectivity index (χ1) is 13.5. The van der Waals surface area contributed by atoms with Crippen LogP contribution in [0.5, 0.6) is 5.75 Å². The van der Waals surface area contributed by atoms with Crippen molar-refractivity contribution < 1.29 is 23.8 Å². The number of nitrogens with zero attached hydrogens (tertiary/aromatic N) is 1. The number of likely N-dealkylation sites (tertiary alicyclic amines) is 1. The van der Waals surface area contributed by atoms with Gasteiger partial charge >= 0.3 is 5.97 Å². The first-order valence-electron chi connectivity index (χ1n) is 8.72. The van der Waals surface area contributed by atoms with Crippen LogP contribution in [0.1, 0.15) is 32.4 Å². The van der Waals surface area contributed by atoms with Gasteiger partial charge in [-0.1, -0.05) is 24.3 Å². The lowest BCUT2D eigenvalue weighted by Crippen LogP contribution is -2.49. The van der Waals surface area contributed by atoms with Crippen LogP contribution in [0.3, 0.4) is 0 Å². The lowest BCUT2D eigenvalue weighted by Gasteiger charge is -2.39. The van der Waals surface area contributed by atoms with Crippen molar-refractivity contribution in [2.75, 3.05) is 20.2 Å². The third-order valence-electron chi connectivity index (χ3n) is 4.92. The predicted octanol–water partition coefficient (Wildman–Crippen LogP) is 2.52. The Labute approximate surface area is 159 Å². The molecule has 1 aromatic heterocycles. The van der Waals surface area contributed by atoms with Crippen LogP contribution < -0.4 is 5.43 Å². The van der Waals surface area contributed by atoms with Crippen molar-refractivity contribution in [3.05, 3.63) is 75.6 Å². The topological polar surface area (TPSA) is 97.0 Å². The molecule has 1 aliphatic rings. The van der Waals surface area contributed by atoms with Crippen molar-refractivity contribution >= 4 is 22.8 Å². The van der Waals surface area contributed by atoms with Crippen molar-refractivity contribution in [1.29, 1.82) is 0 Å². The molecule has 4 rings (SSSR count). The minimum absolute atomic E-state index is 0.00419. The zero-order chi connectivity index (χ0) is 19.8. The van der Waals surface area contributed by atoms with E-state index in [9.17, 15) is 19.5 Å². The van der Waals surface area contributed by atoms with Gasteiger partial charge in [-0.25, -0.2) is 4.79 Å². The molecule has 0 radical (unpaired) electrons. The van der Waals surface area contributed by atoms with Crippen LogP contribution in [-0.4, -0.2) is 42.1 Å². The Morgan fingerprint density at radius 3 is 2.64 bits per heavy atom. The van der Waals surface area contributed by atoms with E-state index in [2.05, 4.69) is 0 Å². The third kappa shape index (κ3) is 2.90. The zero-order valence-corrected chi connectivity index (χ0v) is 15.0. The molecule has 0 aliphatic carbocycles. The molecule has 1 N–H and O–H groups in total. The second-order valence-electron chi connectivity index (χ2n) is 6.61. The number of fused-ring (bicyclic) bond motifs is 1. The number of hydrogen-bond acceptors (Lipinski definition) is 6. The van der Waals surface area contributed by atoms with Gasteiger partial charge in [-0.2, -0.15) is 0 Å². The van der Waals surface area contributed by atoms with E-state index in [1.807, 2.05) is 12.1 Å². The lowest BCUT2D eigenvalue weighted by atomic mass is 9.88. The van der Waals surface area contributed by atoms with Gasteiger partial charge in [0.25, 0.3) is 5.91 Å². The van der Waals surface area contributed by atoms with Gasteiger partial charge in [-0.15, -0.1) is 0 Å². The molecule has 28 heavy (non-hydrogen) atoms. The molecule has 0 spiro atoms. The number of aromatic hydroxyl groups is 1. The third-order valence-corrected chi connectivity index (χ3v) is 4.92. The van der Waals surface area contributed by atoms with Gasteiger partial charge in [-0.3, -0.25) is 9.59 Å². The van der Waals surface area contributed by atoms with E-state index in [-0.39, 0.29) is 28.4 Å². The van der Waals surface area contributed by atoms with Crippen molar-refractivity contribution in [2.24, 2.45) is 0 Å². The highest BCUT2D eigenvalue weighted by molar-refractivity contribution is 5.95. The van der Waals surface area contributed by atoms with E-state index in [1.54, 1.807) is 17.0 Å². The smallest absolute Gasteiger partial charge is 0.338 e. The summed E-state index contributed by atoms with van der Waals surface area (Å²) in [5.41, 5.74) is 0.984. The van der Waals surface area contributed by atoms with Crippen LogP contribution in [0.15, 0.2) is 57.7 Å². The summed E-state index contributed by atoms with van der Waals surface area (Å²) in [4.78, 5) is 38.4. The number of rotatable bonds is 3. The van der Waals surface area contributed by atoms with Crippen LogP contribution in [0.2, 0.25) is 0 Å². The number of phenolic OH excluding ortho intramolecular Hbond substituents is 1. The molecule has 1 amide bonds. The van der Waals surface area contributed by atoms with Crippen LogP contribution >= 0.6 is 0 Å². The van der Waals surface area contributed by atoms with Gasteiger partial charge in [0, 0.05) is 25.1 Å². The summed E-state index contributed by atoms with van der Waals surface area (Å²) in [5, 5.41) is 9.86. The van der Waals surface area contributed by atoms with Crippen LogP contribution in [0, 0.1) is 0 Å². The van der Waals surface area contributed by atoms with Crippen LogP contribution in [0.4, 0.5) is 0 Å². The fraction of sp³-hybridized carbons (Fsp3) is 0.190. The number of ether oxygens (including phenoxy) is 1. The number of benzene rings is 2. The second kappa shape index (κ2) is 6.84. The molecule has 0 unspecified atom stereocenters. The van der Waals surface area contributed by atoms with E-state index in [4.69, 9.17) is 9.15 Å². The highest BCUT2D eigenvalue weighted by atomic mass is 16.5. The number of esters is 1. The molecule has 3 aromatic rings. The van der Waals surface area contributed by atoms with E-state index >= 15 is 0 Å². The Kier molecular flexibility index (Phi) is 4.35. The predicted molar refractivity (Wildman–Crippen MR) is 101 cm³/mol. The van der Waals surface area contributed by atoms with Gasteiger partial charge in [0.1, 0.15) is 16.7 Å². The Bertz CT molecular complexity index is 1140. The first kappa shape index (κ1) is 17.8. The van der Waals surface area contributed by atoms with Gasteiger partial charge < -0.3 is 19.2 Å². The summed E-state index contributed by atoms with van der Waals surface area (Å²) in [6.45, 7) is 0.795. The lowest BCUT2D eigenvalue weighted by molar-refractivity contribution is 0.0559. The maximum Gasteiger partial charge on any atom is 0.338 e. The van der Waals surface area contributed by atoms with Crippen LogP contribution in [-0.2, 0) is 4.74 Å². The minimum atomic E-state index is -0.476. The maximum absolute atomic E-state index is 12.7. The Morgan fingerprint density at radius 1 is 1.14 bits per heavy atom. The van der Waals surface area contributed by atoms with Crippen molar-refractivity contribution in [3.63, 3.8) is 0 Å². The molecule has 1 saturated heterocycles. The molecule has 0 atom stereocenters. The molecular formula is C21H17NO6. The summed E-state index contributed by atoms with van der Waals surface area (Å²) in [5.74, 6) is -1.10. The highest BCUT2D eigenvalue weighted by Crippen LogP contribution is 2.31. The molecule has 7 heteroatoms. The summed E-state index contributed by atoms with van der Waals surface area (Å²) in [7, 11) is 1.33. The maximum atomic E-state index is 12.7. The minimum Gasteiger partial charge on any atom is -0.507 e. The summed E-state index contributed by atoms with van der Waals surface area (Å²) in [6, 6.07) is 12.7. The van der Waals surface area contributed by atoms with Gasteiger partial charge in [0.15, 0.2) is 11.2 Å². The molecule has 0 bridgehead atoms. The molecule has 1 aliphatic heterocycles. The number of phenols is 1. The van der Waals surface area contributed by atoms with Gasteiger partial charge in [0.2, 0.25) is 0 Å². The van der Waals surface area contributed by atoms with Crippen molar-refractivity contribution in [3.8, 4) is 5.75 Å². The zero-order valence-electron chi connectivity index (χ0n) is 15.0. The number of carbonyl (C=O) groups excluding carboxylic acids is 2. The standard InChI is InChI=1S/C21H17NO6/c1-27-21(26)14-6-3-2-5-13(14)12-10-22(11-12)20(25)18-9-16(24)19-15(23)7-4-8-17(19)28-18/h2-9,12,23H,10-11H2,1H3. The molecule has 2 aromatic carbocycles. The number of amides is 1. The first-order valence-corrected chi connectivity index (χ1v) is 8.72. The second-order valence-corrected chi connectivity index (χ2v) is 6.61. The Morgan fingerprint density at radius 2 is 1.89 bits per heavy atom. The molecular weight excluding hydrogens is 362 g/mol. The molecule has 0 saturated carbocycles. The number of hydrogen-bond donors (Lipinski definition) is 1. The molecule has 1 fully saturated rings. The fourth-order valence-electron chi connectivity index (χ4n) is 3.44. The quantitative estimate of drug-likeness (QED) is 0.703. The summed E-state index contributed by atoms with van der Waals surface area (Å²) in [6.07, 6.45) is 0. The average molecular weight is 379 g/mol. The molecule has 7 nitrogen and oxygen atoms in total. The number of carbonyl (C=O) groups is 2. The van der Waals surface area contributed by atoms with E-state index in [0.717, 1.165) is 11.6 Å². The van der Waals surface area contributed by atoms with Gasteiger partial charge in [0.05, 0.1) is 12.7 Å². The van der Waals surface area contributed by atoms with Crippen molar-refractivity contribution in [2.45, 2.75) is 5.92 Å².